The fraction of sp³-hybridized carbons (Fsp3) is 0.444. The van der Waals surface area contributed by atoms with E-state index in [1.165, 1.54) is 0 Å². The average molecular weight is 329 g/mol. The maximum absolute atomic E-state index is 6.01. The molecule has 23 heavy (non-hydrogen) atoms. The van der Waals surface area contributed by atoms with Gasteiger partial charge in [-0.05, 0) is 36.0 Å². The van der Waals surface area contributed by atoms with E-state index >= 15 is 0 Å². The topological polar surface area (TPSA) is 42.7 Å². The van der Waals surface area contributed by atoms with Crippen molar-refractivity contribution in [2.75, 3.05) is 6.54 Å². The van der Waals surface area contributed by atoms with Crippen LogP contribution in [0.15, 0.2) is 24.3 Å². The minimum absolute atomic E-state index is 0.239. The molecule has 1 aliphatic rings. The zero-order valence-corrected chi connectivity index (χ0v) is 14.5. The van der Waals surface area contributed by atoms with E-state index in [0.717, 1.165) is 36.7 Å². The largest absolute Gasteiger partial charge is 0.308 e. The van der Waals surface area contributed by atoms with E-state index in [2.05, 4.69) is 52.7 Å². The van der Waals surface area contributed by atoms with Crippen LogP contribution in [0.4, 0.5) is 0 Å². The highest BCUT2D eigenvalue weighted by molar-refractivity contribution is 6.30. The number of halogens is 1. The van der Waals surface area contributed by atoms with Crippen molar-refractivity contribution in [2.45, 2.75) is 39.8 Å². The minimum atomic E-state index is 0.239. The fourth-order valence-corrected chi connectivity index (χ4v) is 3.11. The second-order valence-corrected chi connectivity index (χ2v) is 7.56. The van der Waals surface area contributed by atoms with Gasteiger partial charge >= 0.3 is 0 Å². The zero-order valence-electron chi connectivity index (χ0n) is 13.7. The summed E-state index contributed by atoms with van der Waals surface area (Å²) < 4.78 is 2.19. The lowest BCUT2D eigenvalue weighted by molar-refractivity contribution is 0.263. The van der Waals surface area contributed by atoms with Crippen LogP contribution >= 0.6 is 11.6 Å². The molecular formula is C18H21ClN4. The summed E-state index contributed by atoms with van der Waals surface area (Å²) in [4.78, 5) is 0. The van der Waals surface area contributed by atoms with Gasteiger partial charge in [0, 0.05) is 17.1 Å². The molecule has 120 valence electrons. The standard InChI is InChI=1S/C18H21ClN4/c1-18(2,3)10-15-11-20-12-17-22-21-16(23(15)17)8-7-13-5-4-6-14(19)9-13/h4-6,9,15,20H,10-12H2,1-3H3. The van der Waals surface area contributed by atoms with E-state index in [-0.39, 0.29) is 5.41 Å². The third-order valence-corrected chi connectivity index (χ3v) is 4.02. The maximum atomic E-state index is 6.01. The summed E-state index contributed by atoms with van der Waals surface area (Å²) in [5, 5.41) is 12.7. The molecule has 1 N–H and O–H groups in total. The Hall–Kier alpha value is -1.83. The lowest BCUT2D eigenvalue weighted by Gasteiger charge is -2.31. The molecule has 0 radical (unpaired) electrons. The first kappa shape index (κ1) is 16.0. The molecule has 5 heteroatoms. The number of nitrogens with one attached hydrogen (secondary N) is 1. The SMILES string of the molecule is CC(C)(C)CC1CNCc2nnc(C#Cc3cccc(Cl)c3)n21. The van der Waals surface area contributed by atoms with Crippen molar-refractivity contribution in [1.82, 2.24) is 20.1 Å². The third kappa shape index (κ3) is 3.93. The predicted molar refractivity (Wildman–Crippen MR) is 92.3 cm³/mol. The van der Waals surface area contributed by atoms with Gasteiger partial charge in [-0.1, -0.05) is 44.4 Å². The van der Waals surface area contributed by atoms with Crippen LogP contribution in [0.1, 0.15) is 50.4 Å². The fourth-order valence-electron chi connectivity index (χ4n) is 2.92. The highest BCUT2D eigenvalue weighted by Gasteiger charge is 2.27. The number of benzene rings is 1. The van der Waals surface area contributed by atoms with Crippen LogP contribution in [-0.2, 0) is 6.54 Å². The van der Waals surface area contributed by atoms with Crippen LogP contribution < -0.4 is 5.32 Å². The van der Waals surface area contributed by atoms with Gasteiger partial charge in [0.15, 0.2) is 0 Å². The summed E-state index contributed by atoms with van der Waals surface area (Å²) in [6, 6.07) is 7.88. The van der Waals surface area contributed by atoms with Gasteiger partial charge in [-0.2, -0.15) is 0 Å². The van der Waals surface area contributed by atoms with Gasteiger partial charge in [-0.15, -0.1) is 10.2 Å². The molecule has 1 unspecified atom stereocenters. The van der Waals surface area contributed by atoms with Gasteiger partial charge in [-0.25, -0.2) is 0 Å². The van der Waals surface area contributed by atoms with Gasteiger partial charge in [-0.3, -0.25) is 4.57 Å². The molecule has 0 fully saturated rings. The molecule has 1 aromatic carbocycles. The van der Waals surface area contributed by atoms with Gasteiger partial charge in [0.1, 0.15) is 5.82 Å². The Morgan fingerprint density at radius 3 is 2.87 bits per heavy atom. The highest BCUT2D eigenvalue weighted by Crippen LogP contribution is 2.30. The number of fused-ring (bicyclic) bond motifs is 1. The third-order valence-electron chi connectivity index (χ3n) is 3.79. The molecule has 0 saturated heterocycles. The van der Waals surface area contributed by atoms with E-state index in [0.29, 0.717) is 11.1 Å². The molecule has 0 saturated carbocycles. The van der Waals surface area contributed by atoms with Crippen LogP contribution in [0.5, 0.6) is 0 Å². The smallest absolute Gasteiger partial charge is 0.208 e. The normalized spacial score (nSPS) is 17.3. The molecule has 0 spiro atoms. The summed E-state index contributed by atoms with van der Waals surface area (Å²) in [6.45, 7) is 8.43. The minimum Gasteiger partial charge on any atom is -0.308 e. The highest BCUT2D eigenvalue weighted by atomic mass is 35.5. The summed E-state index contributed by atoms with van der Waals surface area (Å²) >= 11 is 6.01. The van der Waals surface area contributed by atoms with Crippen LogP contribution in [0.3, 0.4) is 0 Å². The van der Waals surface area contributed by atoms with Gasteiger partial charge in [0.25, 0.3) is 0 Å². The number of nitrogens with zero attached hydrogens (tertiary/aromatic N) is 3. The first-order valence-electron chi connectivity index (χ1n) is 7.84. The summed E-state index contributed by atoms with van der Waals surface area (Å²) in [7, 11) is 0. The number of aromatic nitrogens is 3. The van der Waals surface area contributed by atoms with E-state index in [4.69, 9.17) is 11.6 Å². The Morgan fingerprint density at radius 2 is 2.13 bits per heavy atom. The molecular weight excluding hydrogens is 308 g/mol. The first-order chi connectivity index (χ1) is 10.9. The second kappa shape index (κ2) is 6.35. The van der Waals surface area contributed by atoms with Gasteiger partial charge < -0.3 is 5.32 Å². The quantitative estimate of drug-likeness (QED) is 0.816. The van der Waals surface area contributed by atoms with Crippen molar-refractivity contribution in [3.8, 4) is 11.8 Å². The average Bonchev–Trinajstić information content (AvgIpc) is 2.88. The molecule has 0 amide bonds. The van der Waals surface area contributed by atoms with Crippen LogP contribution in [0.2, 0.25) is 5.02 Å². The summed E-state index contributed by atoms with van der Waals surface area (Å²) in [5.41, 5.74) is 1.12. The Kier molecular flexibility index (Phi) is 4.43. The van der Waals surface area contributed by atoms with Crippen molar-refractivity contribution >= 4 is 11.6 Å². The number of hydrogen-bond donors (Lipinski definition) is 1. The summed E-state index contributed by atoms with van der Waals surface area (Å²) in [6.07, 6.45) is 1.05. The zero-order chi connectivity index (χ0) is 16.4. The molecule has 0 bridgehead atoms. The first-order valence-corrected chi connectivity index (χ1v) is 8.22. The lowest BCUT2D eigenvalue weighted by atomic mass is 9.87. The monoisotopic (exact) mass is 328 g/mol. The molecule has 1 aliphatic heterocycles. The maximum Gasteiger partial charge on any atom is 0.208 e. The summed E-state index contributed by atoms with van der Waals surface area (Å²) in [5.74, 6) is 8.00. The molecule has 2 aromatic rings. The molecule has 2 heterocycles. The number of hydrogen-bond acceptors (Lipinski definition) is 3. The molecule has 0 aliphatic carbocycles. The van der Waals surface area contributed by atoms with Crippen LogP contribution in [0.25, 0.3) is 0 Å². The molecule has 1 aromatic heterocycles. The van der Waals surface area contributed by atoms with Crippen LogP contribution in [0, 0.1) is 17.3 Å². The van der Waals surface area contributed by atoms with E-state index in [1.54, 1.807) is 0 Å². The lowest BCUT2D eigenvalue weighted by Crippen LogP contribution is -2.35. The van der Waals surface area contributed by atoms with E-state index in [1.807, 2.05) is 24.3 Å². The van der Waals surface area contributed by atoms with E-state index in [9.17, 15) is 0 Å². The van der Waals surface area contributed by atoms with Crippen molar-refractivity contribution < 1.29 is 0 Å². The van der Waals surface area contributed by atoms with Crippen molar-refractivity contribution in [3.05, 3.63) is 46.5 Å². The van der Waals surface area contributed by atoms with Crippen molar-refractivity contribution in [3.63, 3.8) is 0 Å². The Morgan fingerprint density at radius 1 is 1.30 bits per heavy atom. The van der Waals surface area contributed by atoms with Crippen molar-refractivity contribution in [2.24, 2.45) is 5.41 Å². The van der Waals surface area contributed by atoms with Gasteiger partial charge in [0.2, 0.25) is 5.82 Å². The Balaban J connectivity index is 1.92. The van der Waals surface area contributed by atoms with Crippen LogP contribution in [-0.4, -0.2) is 21.3 Å². The van der Waals surface area contributed by atoms with Gasteiger partial charge in [0.05, 0.1) is 12.6 Å². The Bertz CT molecular complexity index is 761. The number of rotatable bonds is 1. The predicted octanol–water partition coefficient (Wildman–Crippen LogP) is 3.41. The molecule has 1 atom stereocenters. The van der Waals surface area contributed by atoms with Crippen molar-refractivity contribution in [1.29, 1.82) is 0 Å². The molecule has 4 nitrogen and oxygen atoms in total. The molecule has 3 rings (SSSR count). The van der Waals surface area contributed by atoms with E-state index < -0.39 is 0 Å². The second-order valence-electron chi connectivity index (χ2n) is 7.12. The Labute approximate surface area is 142 Å².